The van der Waals surface area contributed by atoms with E-state index in [0.717, 1.165) is 17.6 Å². The van der Waals surface area contributed by atoms with Gasteiger partial charge in [0, 0.05) is 35.2 Å². The molecule has 0 radical (unpaired) electrons. The molecule has 0 unspecified atom stereocenters. The first-order chi connectivity index (χ1) is 13.7. The van der Waals surface area contributed by atoms with Crippen molar-refractivity contribution in [2.45, 2.75) is 12.8 Å². The lowest BCUT2D eigenvalue weighted by atomic mass is 10.1. The van der Waals surface area contributed by atoms with Gasteiger partial charge in [0.25, 0.3) is 0 Å². The van der Waals surface area contributed by atoms with E-state index in [0.29, 0.717) is 22.5 Å². The fourth-order valence-electron chi connectivity index (χ4n) is 2.91. The Morgan fingerprint density at radius 1 is 1.21 bits per heavy atom. The van der Waals surface area contributed by atoms with E-state index in [9.17, 15) is 4.79 Å². The number of fused-ring (bicyclic) bond motifs is 1. The molecule has 0 atom stereocenters. The van der Waals surface area contributed by atoms with Gasteiger partial charge in [0.15, 0.2) is 5.13 Å². The van der Waals surface area contributed by atoms with Crippen LogP contribution in [0.15, 0.2) is 54.2 Å². The topological polar surface area (TPSA) is 82.7 Å². The third-order valence-corrected chi connectivity index (χ3v) is 5.28. The molecule has 1 aromatic carbocycles. The maximum absolute atomic E-state index is 12.2. The van der Waals surface area contributed by atoms with Gasteiger partial charge in [-0.05, 0) is 30.2 Å². The summed E-state index contributed by atoms with van der Waals surface area (Å²) in [6, 6.07) is 11.7. The Hall–Kier alpha value is -2.90. The first kappa shape index (κ1) is 18.5. The van der Waals surface area contributed by atoms with Gasteiger partial charge in [-0.1, -0.05) is 29.8 Å². The molecule has 0 fully saturated rings. The van der Waals surface area contributed by atoms with Crippen LogP contribution in [0, 0.1) is 0 Å². The number of pyridine rings is 1. The highest BCUT2D eigenvalue weighted by Gasteiger charge is 2.09. The van der Waals surface area contributed by atoms with Crippen molar-refractivity contribution < 1.29 is 4.79 Å². The van der Waals surface area contributed by atoms with E-state index in [-0.39, 0.29) is 12.3 Å². The van der Waals surface area contributed by atoms with Gasteiger partial charge in [-0.2, -0.15) is 0 Å². The molecule has 6 nitrogen and oxygen atoms in total. The predicted octanol–water partition coefficient (Wildman–Crippen LogP) is 4.32. The SMILES string of the molecule is O=C(Cc1csc(Nc2ccc(Cl)cn2)n1)NCCc1c[nH]c2ccccc12. The summed E-state index contributed by atoms with van der Waals surface area (Å²) in [6.45, 7) is 0.588. The average molecular weight is 412 g/mol. The van der Waals surface area contributed by atoms with Crippen molar-refractivity contribution in [1.82, 2.24) is 20.3 Å². The molecule has 0 aliphatic rings. The number of H-pyrrole nitrogens is 1. The number of hydrogen-bond acceptors (Lipinski definition) is 5. The van der Waals surface area contributed by atoms with E-state index < -0.39 is 0 Å². The Balaban J connectivity index is 1.27. The van der Waals surface area contributed by atoms with Gasteiger partial charge in [0.05, 0.1) is 17.1 Å². The van der Waals surface area contributed by atoms with Crippen LogP contribution in [0.25, 0.3) is 10.9 Å². The van der Waals surface area contributed by atoms with Crippen LogP contribution in [0.2, 0.25) is 5.02 Å². The van der Waals surface area contributed by atoms with Crippen LogP contribution in [-0.4, -0.2) is 27.4 Å². The second-order valence-electron chi connectivity index (χ2n) is 6.27. The fourth-order valence-corrected chi connectivity index (χ4v) is 3.74. The Labute approximate surface area is 171 Å². The van der Waals surface area contributed by atoms with Gasteiger partial charge in [0.1, 0.15) is 5.82 Å². The van der Waals surface area contributed by atoms with E-state index in [1.54, 1.807) is 18.3 Å². The number of anilines is 2. The molecule has 8 heteroatoms. The predicted molar refractivity (Wildman–Crippen MR) is 113 cm³/mol. The van der Waals surface area contributed by atoms with Crippen LogP contribution in [0.1, 0.15) is 11.3 Å². The summed E-state index contributed by atoms with van der Waals surface area (Å²) in [4.78, 5) is 24.1. The molecule has 3 aromatic heterocycles. The van der Waals surface area contributed by atoms with Gasteiger partial charge < -0.3 is 15.6 Å². The van der Waals surface area contributed by atoms with Gasteiger partial charge in [-0.3, -0.25) is 4.79 Å². The van der Waals surface area contributed by atoms with Crippen LogP contribution in [0.3, 0.4) is 0 Å². The number of carbonyl (C=O) groups excluding carboxylic acids is 1. The number of carbonyl (C=O) groups is 1. The van der Waals surface area contributed by atoms with Crippen molar-refractivity contribution in [2.75, 3.05) is 11.9 Å². The van der Waals surface area contributed by atoms with Crippen molar-refractivity contribution in [1.29, 1.82) is 0 Å². The summed E-state index contributed by atoms with van der Waals surface area (Å²) >= 11 is 7.26. The second-order valence-corrected chi connectivity index (χ2v) is 7.56. The van der Waals surface area contributed by atoms with E-state index in [1.807, 2.05) is 29.8 Å². The average Bonchev–Trinajstić information content (AvgIpc) is 3.31. The minimum Gasteiger partial charge on any atom is -0.361 e. The summed E-state index contributed by atoms with van der Waals surface area (Å²) < 4.78 is 0. The zero-order chi connectivity index (χ0) is 19.3. The summed E-state index contributed by atoms with van der Waals surface area (Å²) in [5.74, 6) is 0.620. The molecule has 0 aliphatic heterocycles. The maximum Gasteiger partial charge on any atom is 0.226 e. The minimum absolute atomic E-state index is 0.0405. The van der Waals surface area contributed by atoms with Crippen LogP contribution in [0.4, 0.5) is 10.9 Å². The molecule has 28 heavy (non-hydrogen) atoms. The van der Waals surface area contributed by atoms with Gasteiger partial charge in [0.2, 0.25) is 5.91 Å². The molecule has 3 N–H and O–H groups in total. The first-order valence-corrected chi connectivity index (χ1v) is 10.1. The quantitative estimate of drug-likeness (QED) is 0.423. The van der Waals surface area contributed by atoms with Gasteiger partial charge in [-0.15, -0.1) is 11.3 Å². The molecule has 0 aliphatic carbocycles. The lowest BCUT2D eigenvalue weighted by Gasteiger charge is -2.04. The zero-order valence-corrected chi connectivity index (χ0v) is 16.5. The number of halogens is 1. The highest BCUT2D eigenvalue weighted by molar-refractivity contribution is 7.13. The largest absolute Gasteiger partial charge is 0.361 e. The number of hydrogen-bond donors (Lipinski definition) is 3. The van der Waals surface area contributed by atoms with E-state index >= 15 is 0 Å². The van der Waals surface area contributed by atoms with Crippen molar-refractivity contribution in [3.8, 4) is 0 Å². The molecule has 3 heterocycles. The standard InChI is InChI=1S/C20H18ClN5OS/c21-14-5-6-18(24-11-14)26-20-25-15(12-28-20)9-19(27)22-8-7-13-10-23-17-4-2-1-3-16(13)17/h1-6,10-12,23H,7-9H2,(H,22,27)(H,24,25,26). The Kier molecular flexibility index (Phi) is 5.55. The highest BCUT2D eigenvalue weighted by Crippen LogP contribution is 2.21. The van der Waals surface area contributed by atoms with Crippen molar-refractivity contribution in [3.63, 3.8) is 0 Å². The van der Waals surface area contributed by atoms with Crippen LogP contribution >= 0.6 is 22.9 Å². The number of para-hydroxylation sites is 1. The maximum atomic E-state index is 12.2. The molecule has 0 bridgehead atoms. The number of rotatable bonds is 7. The van der Waals surface area contributed by atoms with Gasteiger partial charge in [-0.25, -0.2) is 9.97 Å². The Morgan fingerprint density at radius 3 is 2.96 bits per heavy atom. The molecule has 142 valence electrons. The molecule has 1 amide bonds. The highest BCUT2D eigenvalue weighted by atomic mass is 35.5. The number of benzene rings is 1. The molecule has 0 spiro atoms. The number of aromatic amines is 1. The third-order valence-electron chi connectivity index (χ3n) is 4.25. The van der Waals surface area contributed by atoms with Crippen molar-refractivity contribution in [3.05, 3.63) is 70.5 Å². The number of nitrogens with zero attached hydrogens (tertiary/aromatic N) is 2. The van der Waals surface area contributed by atoms with E-state index in [2.05, 4.69) is 31.7 Å². The Morgan fingerprint density at radius 2 is 2.11 bits per heavy atom. The fraction of sp³-hybridized carbons (Fsp3) is 0.150. The van der Waals surface area contributed by atoms with Crippen LogP contribution in [-0.2, 0) is 17.6 Å². The van der Waals surface area contributed by atoms with E-state index in [4.69, 9.17) is 11.6 Å². The van der Waals surface area contributed by atoms with E-state index in [1.165, 1.54) is 22.3 Å². The smallest absolute Gasteiger partial charge is 0.226 e. The lowest BCUT2D eigenvalue weighted by Crippen LogP contribution is -2.27. The molecule has 4 aromatic rings. The summed E-state index contributed by atoms with van der Waals surface area (Å²) in [5.41, 5.74) is 3.04. The molecule has 4 rings (SSSR count). The monoisotopic (exact) mass is 411 g/mol. The van der Waals surface area contributed by atoms with Gasteiger partial charge >= 0.3 is 0 Å². The van der Waals surface area contributed by atoms with Crippen molar-refractivity contribution >= 4 is 50.7 Å². The number of thiazole rings is 1. The lowest BCUT2D eigenvalue weighted by molar-refractivity contribution is -0.120. The summed E-state index contributed by atoms with van der Waals surface area (Å²) in [6.07, 6.45) is 4.60. The molecular weight excluding hydrogens is 394 g/mol. The molecule has 0 saturated carbocycles. The minimum atomic E-state index is -0.0405. The van der Waals surface area contributed by atoms with Crippen molar-refractivity contribution in [2.24, 2.45) is 0 Å². The normalized spacial score (nSPS) is 10.9. The second kappa shape index (κ2) is 8.41. The summed E-state index contributed by atoms with van der Waals surface area (Å²) in [7, 11) is 0. The molecule has 0 saturated heterocycles. The Bertz CT molecular complexity index is 1090. The van der Waals surface area contributed by atoms with Crippen LogP contribution < -0.4 is 10.6 Å². The number of amides is 1. The van der Waals surface area contributed by atoms with Crippen LogP contribution in [0.5, 0.6) is 0 Å². The number of aromatic nitrogens is 3. The number of nitrogens with one attached hydrogen (secondary N) is 3. The molecular formula is C20H18ClN5OS. The first-order valence-electron chi connectivity index (χ1n) is 8.82. The zero-order valence-electron chi connectivity index (χ0n) is 14.9. The summed E-state index contributed by atoms with van der Waals surface area (Å²) in [5, 5.41) is 10.4. The third kappa shape index (κ3) is 4.49.